The number of methoxy groups -OCH3 is 1. The van der Waals surface area contributed by atoms with Crippen molar-refractivity contribution in [3.63, 3.8) is 0 Å². The lowest BCUT2D eigenvalue weighted by Crippen LogP contribution is -2.44. The van der Waals surface area contributed by atoms with Gasteiger partial charge in [-0.1, -0.05) is 30.3 Å². The summed E-state index contributed by atoms with van der Waals surface area (Å²) < 4.78 is 5.08. The Kier molecular flexibility index (Phi) is 3.86. The smallest absolute Gasteiger partial charge is 0.195 e. The fourth-order valence-corrected chi connectivity index (χ4v) is 2.18. The van der Waals surface area contributed by atoms with Crippen LogP contribution in [0.5, 0.6) is 0 Å². The molecular formula is C16H16O4. The van der Waals surface area contributed by atoms with Gasteiger partial charge in [-0.15, -0.1) is 0 Å². The van der Waals surface area contributed by atoms with E-state index in [-0.39, 0.29) is 18.0 Å². The van der Waals surface area contributed by atoms with Crippen LogP contribution >= 0.6 is 0 Å². The Bertz CT molecular complexity index is 598. The van der Waals surface area contributed by atoms with Gasteiger partial charge in [0.15, 0.2) is 17.2 Å². The highest BCUT2D eigenvalue weighted by Gasteiger charge is 2.43. The summed E-state index contributed by atoms with van der Waals surface area (Å²) in [6.45, 7) is 1.73. The van der Waals surface area contributed by atoms with E-state index in [0.717, 1.165) is 0 Å². The van der Waals surface area contributed by atoms with Gasteiger partial charge in [-0.25, -0.2) is 0 Å². The largest absolute Gasteiger partial charge is 0.497 e. The lowest BCUT2D eigenvalue weighted by atomic mass is 9.83. The summed E-state index contributed by atoms with van der Waals surface area (Å²) in [7, 11) is 1.37. The first kappa shape index (κ1) is 14.2. The third-order valence-electron chi connectivity index (χ3n) is 3.26. The number of ether oxygens (including phenoxy) is 1. The normalized spacial score (nSPS) is 22.1. The Morgan fingerprint density at radius 3 is 2.50 bits per heavy atom. The predicted octanol–water partition coefficient (Wildman–Crippen LogP) is 2.05. The summed E-state index contributed by atoms with van der Waals surface area (Å²) in [5.74, 6) is -0.734. The third kappa shape index (κ3) is 2.56. The van der Waals surface area contributed by atoms with Gasteiger partial charge in [0.25, 0.3) is 0 Å². The SMILES string of the molecule is COC1=CC(C)=CC(=O)C1(O)CC(=O)c1ccccc1. The highest BCUT2D eigenvalue weighted by molar-refractivity contribution is 6.07. The van der Waals surface area contributed by atoms with Gasteiger partial charge in [0.1, 0.15) is 5.76 Å². The summed E-state index contributed by atoms with van der Waals surface area (Å²) in [5.41, 5.74) is -0.777. The maximum absolute atomic E-state index is 12.2. The Balaban J connectivity index is 2.29. The van der Waals surface area contributed by atoms with Crippen LogP contribution in [0.1, 0.15) is 23.7 Å². The lowest BCUT2D eigenvalue weighted by molar-refractivity contribution is -0.132. The molecule has 1 aliphatic rings. The molecule has 0 bridgehead atoms. The number of carbonyl (C=O) groups excluding carboxylic acids is 2. The maximum atomic E-state index is 12.2. The number of hydrogen-bond acceptors (Lipinski definition) is 4. The molecule has 1 N–H and O–H groups in total. The minimum Gasteiger partial charge on any atom is -0.497 e. The number of ketones is 2. The monoisotopic (exact) mass is 272 g/mol. The van der Waals surface area contributed by atoms with E-state index >= 15 is 0 Å². The molecule has 0 radical (unpaired) electrons. The van der Waals surface area contributed by atoms with Crippen molar-refractivity contribution in [2.75, 3.05) is 7.11 Å². The van der Waals surface area contributed by atoms with Crippen molar-refractivity contribution < 1.29 is 19.4 Å². The average molecular weight is 272 g/mol. The molecule has 1 unspecified atom stereocenters. The molecule has 1 aliphatic carbocycles. The van der Waals surface area contributed by atoms with Gasteiger partial charge in [-0.05, 0) is 24.6 Å². The molecule has 0 aliphatic heterocycles. The molecule has 104 valence electrons. The number of hydrogen-bond donors (Lipinski definition) is 1. The van der Waals surface area contributed by atoms with Crippen molar-refractivity contribution in [1.82, 2.24) is 0 Å². The second-order valence-corrected chi connectivity index (χ2v) is 4.79. The zero-order chi connectivity index (χ0) is 14.8. The summed E-state index contributed by atoms with van der Waals surface area (Å²) in [5, 5.41) is 10.5. The summed E-state index contributed by atoms with van der Waals surface area (Å²) in [6.07, 6.45) is 2.56. The quantitative estimate of drug-likeness (QED) is 0.852. The maximum Gasteiger partial charge on any atom is 0.195 e. The van der Waals surface area contributed by atoms with Gasteiger partial charge < -0.3 is 9.84 Å². The highest BCUT2D eigenvalue weighted by Crippen LogP contribution is 2.30. The van der Waals surface area contributed by atoms with E-state index in [1.165, 1.54) is 13.2 Å². The molecule has 0 saturated carbocycles. The van der Waals surface area contributed by atoms with Crippen LogP contribution in [0.25, 0.3) is 0 Å². The van der Waals surface area contributed by atoms with E-state index in [9.17, 15) is 14.7 Å². The Morgan fingerprint density at radius 1 is 1.25 bits per heavy atom. The Labute approximate surface area is 117 Å². The van der Waals surface area contributed by atoms with Crippen LogP contribution in [0, 0.1) is 0 Å². The van der Waals surface area contributed by atoms with E-state index < -0.39 is 11.4 Å². The summed E-state index contributed by atoms with van der Waals surface area (Å²) in [6, 6.07) is 8.56. The number of benzene rings is 1. The van der Waals surface area contributed by atoms with E-state index in [1.807, 2.05) is 0 Å². The van der Waals surface area contributed by atoms with Crippen molar-refractivity contribution in [3.05, 3.63) is 59.4 Å². The van der Waals surface area contributed by atoms with Gasteiger partial charge >= 0.3 is 0 Å². The van der Waals surface area contributed by atoms with Gasteiger partial charge in [0.2, 0.25) is 0 Å². The average Bonchev–Trinajstić information content (AvgIpc) is 2.44. The molecule has 20 heavy (non-hydrogen) atoms. The molecule has 4 heteroatoms. The van der Waals surface area contributed by atoms with Crippen LogP contribution in [-0.2, 0) is 9.53 Å². The van der Waals surface area contributed by atoms with E-state index in [4.69, 9.17) is 4.74 Å². The molecule has 1 aromatic rings. The first-order valence-electron chi connectivity index (χ1n) is 6.27. The first-order valence-corrected chi connectivity index (χ1v) is 6.27. The van der Waals surface area contributed by atoms with E-state index in [1.54, 1.807) is 43.3 Å². The zero-order valence-electron chi connectivity index (χ0n) is 11.4. The Morgan fingerprint density at radius 2 is 1.90 bits per heavy atom. The molecule has 0 heterocycles. The molecule has 4 nitrogen and oxygen atoms in total. The van der Waals surface area contributed by atoms with Crippen molar-refractivity contribution in [3.8, 4) is 0 Å². The number of carbonyl (C=O) groups is 2. The zero-order valence-corrected chi connectivity index (χ0v) is 11.4. The number of rotatable bonds is 4. The first-order chi connectivity index (χ1) is 9.47. The molecule has 0 amide bonds. The van der Waals surface area contributed by atoms with Crippen molar-refractivity contribution in [2.45, 2.75) is 18.9 Å². The van der Waals surface area contributed by atoms with E-state index in [2.05, 4.69) is 0 Å². The standard InChI is InChI=1S/C16H16O4/c1-11-8-14(18)16(19,15(9-11)20-2)10-13(17)12-6-4-3-5-7-12/h3-9,19H,10H2,1-2H3. The van der Waals surface area contributed by atoms with Gasteiger partial charge in [0.05, 0.1) is 13.5 Å². The van der Waals surface area contributed by atoms with E-state index in [0.29, 0.717) is 11.1 Å². The van der Waals surface area contributed by atoms with Crippen molar-refractivity contribution in [2.24, 2.45) is 0 Å². The van der Waals surface area contributed by atoms with Gasteiger partial charge in [-0.2, -0.15) is 0 Å². The third-order valence-corrected chi connectivity index (χ3v) is 3.26. The van der Waals surface area contributed by atoms with Crippen LogP contribution < -0.4 is 0 Å². The fraction of sp³-hybridized carbons (Fsp3) is 0.250. The fourth-order valence-electron chi connectivity index (χ4n) is 2.18. The summed E-state index contributed by atoms with van der Waals surface area (Å²) >= 11 is 0. The van der Waals surface area contributed by atoms with Gasteiger partial charge in [0, 0.05) is 5.56 Å². The molecule has 0 saturated heterocycles. The number of aliphatic hydroxyl groups is 1. The second kappa shape index (κ2) is 5.43. The lowest BCUT2D eigenvalue weighted by Gasteiger charge is -2.29. The predicted molar refractivity (Wildman–Crippen MR) is 74.2 cm³/mol. The van der Waals surface area contributed by atoms with Crippen molar-refractivity contribution in [1.29, 1.82) is 0 Å². The second-order valence-electron chi connectivity index (χ2n) is 4.79. The summed E-state index contributed by atoms with van der Waals surface area (Å²) in [4.78, 5) is 24.3. The molecule has 0 aromatic heterocycles. The topological polar surface area (TPSA) is 63.6 Å². The Hall–Kier alpha value is -2.20. The van der Waals surface area contributed by atoms with Crippen LogP contribution in [0.3, 0.4) is 0 Å². The molecule has 2 rings (SSSR count). The minimum absolute atomic E-state index is 0.104. The molecule has 1 atom stereocenters. The highest BCUT2D eigenvalue weighted by atomic mass is 16.5. The minimum atomic E-state index is -1.92. The van der Waals surface area contributed by atoms with Crippen LogP contribution in [0.15, 0.2) is 53.8 Å². The molecule has 0 fully saturated rings. The molecular weight excluding hydrogens is 256 g/mol. The van der Waals surface area contributed by atoms with Crippen LogP contribution in [-0.4, -0.2) is 29.4 Å². The number of Topliss-reactive ketones (excluding diaryl/α,β-unsaturated/α-hetero) is 1. The number of allylic oxidation sites excluding steroid dienone is 2. The van der Waals surface area contributed by atoms with Crippen LogP contribution in [0.4, 0.5) is 0 Å². The van der Waals surface area contributed by atoms with Crippen LogP contribution in [0.2, 0.25) is 0 Å². The van der Waals surface area contributed by atoms with Crippen molar-refractivity contribution >= 4 is 11.6 Å². The molecule has 1 aromatic carbocycles. The molecule has 0 spiro atoms. The van der Waals surface area contributed by atoms with Gasteiger partial charge in [-0.3, -0.25) is 9.59 Å².